The zero-order chi connectivity index (χ0) is 15.0. The second-order valence-electron chi connectivity index (χ2n) is 6.95. The van der Waals surface area contributed by atoms with Crippen molar-refractivity contribution in [3.63, 3.8) is 0 Å². The first-order chi connectivity index (χ1) is 9.94. The number of nitrogens with zero attached hydrogens (tertiary/aromatic N) is 1. The van der Waals surface area contributed by atoms with Crippen LogP contribution in [0.2, 0.25) is 0 Å². The molecule has 3 rings (SSSR count). The monoisotopic (exact) mass is 290 g/mol. The minimum Gasteiger partial charge on any atom is -0.487 e. The quantitative estimate of drug-likeness (QED) is 0.924. The number of ether oxygens (including phenoxy) is 2. The van der Waals surface area contributed by atoms with Gasteiger partial charge >= 0.3 is 0 Å². The van der Waals surface area contributed by atoms with E-state index in [-0.39, 0.29) is 17.7 Å². The van der Waals surface area contributed by atoms with Gasteiger partial charge in [0.1, 0.15) is 11.4 Å². The van der Waals surface area contributed by atoms with Gasteiger partial charge in [-0.25, -0.2) is 0 Å². The van der Waals surface area contributed by atoms with Crippen molar-refractivity contribution in [2.75, 3.05) is 19.7 Å². The molecule has 2 N–H and O–H groups in total. The topological polar surface area (TPSA) is 47.7 Å². The lowest BCUT2D eigenvalue weighted by atomic mass is 10.0. The highest BCUT2D eigenvalue weighted by Gasteiger charge is 2.32. The number of para-hydroxylation sites is 1. The number of nitrogens with two attached hydrogens (primary N) is 1. The lowest BCUT2D eigenvalue weighted by Gasteiger charge is -2.35. The summed E-state index contributed by atoms with van der Waals surface area (Å²) in [6.45, 7) is 9.83. The van der Waals surface area contributed by atoms with Crippen LogP contribution < -0.4 is 10.5 Å². The molecule has 0 spiro atoms. The summed E-state index contributed by atoms with van der Waals surface area (Å²) in [5.41, 5.74) is 8.50. The highest BCUT2D eigenvalue weighted by molar-refractivity contribution is 5.45. The lowest BCUT2D eigenvalue weighted by molar-refractivity contribution is -0.0406. The summed E-state index contributed by atoms with van der Waals surface area (Å²) < 4.78 is 11.9. The fourth-order valence-electron chi connectivity index (χ4n) is 3.24. The van der Waals surface area contributed by atoms with Crippen LogP contribution in [0.1, 0.15) is 31.9 Å². The van der Waals surface area contributed by atoms with Crippen LogP contribution in [0.5, 0.6) is 5.75 Å². The van der Waals surface area contributed by atoms with Crippen LogP contribution in [0.3, 0.4) is 0 Å². The number of morpholine rings is 1. The van der Waals surface area contributed by atoms with Gasteiger partial charge < -0.3 is 15.2 Å². The van der Waals surface area contributed by atoms with Crippen molar-refractivity contribution in [3.05, 3.63) is 29.3 Å². The Kier molecular flexibility index (Phi) is 3.95. The molecule has 0 amide bonds. The second-order valence-corrected chi connectivity index (χ2v) is 6.95. The number of benzene rings is 1. The minimum absolute atomic E-state index is 0.0736. The summed E-state index contributed by atoms with van der Waals surface area (Å²) in [5.74, 6) is 1.09. The van der Waals surface area contributed by atoms with E-state index in [4.69, 9.17) is 15.2 Å². The molecular formula is C17H26N2O2. The van der Waals surface area contributed by atoms with Crippen molar-refractivity contribution in [1.29, 1.82) is 0 Å². The van der Waals surface area contributed by atoms with Crippen molar-refractivity contribution >= 4 is 0 Å². The summed E-state index contributed by atoms with van der Waals surface area (Å²) in [6.07, 6.45) is 1.12. The first kappa shape index (κ1) is 14.8. The number of hydrogen-bond donors (Lipinski definition) is 1. The molecule has 0 radical (unpaired) electrons. The van der Waals surface area contributed by atoms with Gasteiger partial charge in [-0.15, -0.1) is 0 Å². The normalized spacial score (nSPS) is 26.2. The molecule has 2 heterocycles. The molecule has 2 aliphatic heterocycles. The van der Waals surface area contributed by atoms with Gasteiger partial charge in [0.15, 0.2) is 0 Å². The molecule has 21 heavy (non-hydrogen) atoms. The van der Waals surface area contributed by atoms with Gasteiger partial charge in [0, 0.05) is 37.7 Å². The maximum Gasteiger partial charge on any atom is 0.127 e. The molecule has 0 bridgehead atoms. The van der Waals surface area contributed by atoms with E-state index in [1.165, 1.54) is 11.1 Å². The summed E-state index contributed by atoms with van der Waals surface area (Å²) >= 11 is 0. The first-order valence-corrected chi connectivity index (χ1v) is 7.84. The Morgan fingerprint density at radius 2 is 2.24 bits per heavy atom. The van der Waals surface area contributed by atoms with Crippen molar-refractivity contribution in [2.24, 2.45) is 5.73 Å². The van der Waals surface area contributed by atoms with Gasteiger partial charge in [0.2, 0.25) is 0 Å². The Balaban J connectivity index is 1.73. The zero-order valence-corrected chi connectivity index (χ0v) is 13.3. The fourth-order valence-corrected chi connectivity index (χ4v) is 3.24. The molecule has 2 unspecified atom stereocenters. The third-order valence-electron chi connectivity index (χ3n) is 4.33. The van der Waals surface area contributed by atoms with Crippen LogP contribution in [0.15, 0.2) is 18.2 Å². The van der Waals surface area contributed by atoms with Crippen LogP contribution >= 0.6 is 0 Å². The minimum atomic E-state index is -0.0856. The molecule has 116 valence electrons. The Labute approximate surface area is 127 Å². The summed E-state index contributed by atoms with van der Waals surface area (Å²) in [6, 6.07) is 6.57. The van der Waals surface area contributed by atoms with Crippen molar-refractivity contribution in [2.45, 2.75) is 51.5 Å². The maximum absolute atomic E-state index is 6.16. The Morgan fingerprint density at radius 1 is 1.43 bits per heavy atom. The van der Waals surface area contributed by atoms with Crippen LogP contribution in [0, 0.1) is 0 Å². The highest BCUT2D eigenvalue weighted by Crippen LogP contribution is 2.38. The fraction of sp³-hybridized carbons (Fsp3) is 0.647. The third kappa shape index (κ3) is 3.23. The van der Waals surface area contributed by atoms with E-state index in [9.17, 15) is 0 Å². The van der Waals surface area contributed by atoms with E-state index in [1.807, 2.05) is 6.92 Å². The number of fused-ring (bicyclic) bond motifs is 1. The lowest BCUT2D eigenvalue weighted by Crippen LogP contribution is -2.49. The summed E-state index contributed by atoms with van der Waals surface area (Å²) in [5, 5.41) is 0. The Morgan fingerprint density at radius 3 is 3.00 bits per heavy atom. The Hall–Kier alpha value is -1.10. The predicted octanol–water partition coefficient (Wildman–Crippen LogP) is 1.95. The number of hydrogen-bond acceptors (Lipinski definition) is 4. The maximum atomic E-state index is 6.16. The molecule has 1 saturated heterocycles. The number of rotatable bonds is 3. The third-order valence-corrected chi connectivity index (χ3v) is 4.33. The average molecular weight is 290 g/mol. The van der Waals surface area contributed by atoms with Gasteiger partial charge in [-0.3, -0.25) is 4.90 Å². The van der Waals surface area contributed by atoms with E-state index >= 15 is 0 Å². The van der Waals surface area contributed by atoms with Crippen LogP contribution in [0.4, 0.5) is 0 Å². The molecule has 0 aliphatic carbocycles. The van der Waals surface area contributed by atoms with Crippen LogP contribution in [-0.4, -0.2) is 42.3 Å². The largest absolute Gasteiger partial charge is 0.487 e. The SMILES string of the molecule is CC(N)C1CN(Cc2cccc3c2OC(C)(C)C3)CCO1. The molecule has 2 atom stereocenters. The predicted molar refractivity (Wildman–Crippen MR) is 83.5 cm³/mol. The smallest absolute Gasteiger partial charge is 0.127 e. The zero-order valence-electron chi connectivity index (χ0n) is 13.3. The highest BCUT2D eigenvalue weighted by atomic mass is 16.5. The van der Waals surface area contributed by atoms with Crippen LogP contribution in [0.25, 0.3) is 0 Å². The van der Waals surface area contributed by atoms with Crippen LogP contribution in [-0.2, 0) is 17.7 Å². The Bertz CT molecular complexity index is 514. The van der Waals surface area contributed by atoms with Gasteiger partial charge in [-0.05, 0) is 26.3 Å². The van der Waals surface area contributed by atoms with E-state index in [2.05, 4.69) is 36.9 Å². The average Bonchev–Trinajstić information content (AvgIpc) is 2.74. The molecule has 1 aromatic carbocycles. The van der Waals surface area contributed by atoms with E-state index in [0.717, 1.165) is 38.4 Å². The van der Waals surface area contributed by atoms with Gasteiger partial charge in [0.25, 0.3) is 0 Å². The van der Waals surface area contributed by atoms with E-state index in [1.54, 1.807) is 0 Å². The van der Waals surface area contributed by atoms with E-state index < -0.39 is 0 Å². The second kappa shape index (κ2) is 5.59. The molecule has 1 aromatic rings. The van der Waals surface area contributed by atoms with Gasteiger partial charge in [0.05, 0.1) is 12.7 Å². The molecule has 4 heteroatoms. The van der Waals surface area contributed by atoms with E-state index in [0.29, 0.717) is 0 Å². The van der Waals surface area contributed by atoms with Gasteiger partial charge in [-0.2, -0.15) is 0 Å². The molecule has 0 aromatic heterocycles. The molecule has 0 saturated carbocycles. The van der Waals surface area contributed by atoms with Gasteiger partial charge in [-0.1, -0.05) is 18.2 Å². The molecule has 4 nitrogen and oxygen atoms in total. The summed E-state index contributed by atoms with van der Waals surface area (Å²) in [7, 11) is 0. The molecule has 2 aliphatic rings. The molecular weight excluding hydrogens is 264 g/mol. The molecule has 1 fully saturated rings. The van der Waals surface area contributed by atoms with Crippen molar-refractivity contribution in [1.82, 2.24) is 4.90 Å². The summed E-state index contributed by atoms with van der Waals surface area (Å²) in [4.78, 5) is 2.42. The first-order valence-electron chi connectivity index (χ1n) is 7.84. The standard InChI is InChI=1S/C17H26N2O2/c1-12(18)15-11-19(7-8-20-15)10-14-6-4-5-13-9-17(2,3)21-16(13)14/h4-6,12,15H,7-11,18H2,1-3H3. The van der Waals surface area contributed by atoms with Crippen molar-refractivity contribution in [3.8, 4) is 5.75 Å². The van der Waals surface area contributed by atoms with Crippen molar-refractivity contribution < 1.29 is 9.47 Å².